The fourth-order valence-electron chi connectivity index (χ4n) is 2.91. The Labute approximate surface area is 148 Å². The van der Waals surface area contributed by atoms with E-state index in [1.807, 2.05) is 66.7 Å². The molecule has 0 atom stereocenters. The van der Waals surface area contributed by atoms with Gasteiger partial charge in [-0.05, 0) is 34.9 Å². The Hall–Kier alpha value is -3.32. The molecule has 0 radical (unpaired) electrons. The highest BCUT2D eigenvalue weighted by atomic mass is 16.5. The Kier molecular flexibility index (Phi) is 4.30. The van der Waals surface area contributed by atoms with Gasteiger partial charge in [0.15, 0.2) is 0 Å². The first-order chi connectivity index (χ1) is 12.4. The first-order valence-corrected chi connectivity index (χ1v) is 8.38. The molecule has 0 aromatic heterocycles. The van der Waals surface area contributed by atoms with Gasteiger partial charge in [-0.25, -0.2) is 0 Å². The van der Waals surface area contributed by atoms with Crippen molar-refractivity contribution in [3.63, 3.8) is 0 Å². The summed E-state index contributed by atoms with van der Waals surface area (Å²) >= 11 is 0. The van der Waals surface area contributed by atoms with Crippen molar-refractivity contribution in [1.29, 1.82) is 0 Å². The molecule has 4 aromatic carbocycles. The van der Waals surface area contributed by atoms with Crippen molar-refractivity contribution >= 4 is 0 Å². The second-order valence-corrected chi connectivity index (χ2v) is 5.86. The van der Waals surface area contributed by atoms with Crippen LogP contribution in [0.4, 0.5) is 0 Å². The molecule has 4 rings (SSSR count). The van der Waals surface area contributed by atoms with Crippen molar-refractivity contribution < 1.29 is 4.74 Å². The molecular weight excluding hydrogens is 304 g/mol. The first kappa shape index (κ1) is 15.2. The van der Waals surface area contributed by atoms with E-state index in [1.54, 1.807) is 0 Å². The third-order valence-corrected chi connectivity index (χ3v) is 4.14. The van der Waals surface area contributed by atoms with Gasteiger partial charge in [-0.3, -0.25) is 0 Å². The van der Waals surface area contributed by atoms with Gasteiger partial charge in [0.1, 0.15) is 11.5 Å². The molecule has 120 valence electrons. The van der Waals surface area contributed by atoms with Gasteiger partial charge in [-0.15, -0.1) is 0 Å². The van der Waals surface area contributed by atoms with Gasteiger partial charge in [-0.2, -0.15) is 0 Å². The van der Waals surface area contributed by atoms with Crippen LogP contribution in [0.5, 0.6) is 11.5 Å². The van der Waals surface area contributed by atoms with Crippen molar-refractivity contribution in [2.75, 3.05) is 0 Å². The minimum atomic E-state index is 0.838. The monoisotopic (exact) mass is 322 g/mol. The van der Waals surface area contributed by atoms with E-state index in [-0.39, 0.29) is 0 Å². The molecule has 1 nitrogen and oxygen atoms in total. The van der Waals surface area contributed by atoms with Crippen molar-refractivity contribution in [3.05, 3.63) is 109 Å². The molecule has 0 aliphatic carbocycles. The van der Waals surface area contributed by atoms with Crippen LogP contribution in [0.15, 0.2) is 109 Å². The van der Waals surface area contributed by atoms with Crippen molar-refractivity contribution in [1.82, 2.24) is 0 Å². The third kappa shape index (κ3) is 3.46. The molecule has 0 spiro atoms. The lowest BCUT2D eigenvalue weighted by atomic mass is 10.0. The summed E-state index contributed by atoms with van der Waals surface area (Å²) in [5.74, 6) is 1.70. The predicted molar refractivity (Wildman–Crippen MR) is 104 cm³/mol. The van der Waals surface area contributed by atoms with Gasteiger partial charge in [0, 0.05) is 5.56 Å². The maximum atomic E-state index is 6.23. The largest absolute Gasteiger partial charge is 0.457 e. The summed E-state index contributed by atoms with van der Waals surface area (Å²) in [7, 11) is 0. The van der Waals surface area contributed by atoms with Crippen LogP contribution in [0.1, 0.15) is 0 Å². The molecule has 0 aliphatic heterocycles. The highest BCUT2D eigenvalue weighted by Crippen LogP contribution is 2.34. The van der Waals surface area contributed by atoms with Crippen LogP contribution in [0.25, 0.3) is 22.3 Å². The summed E-state index contributed by atoms with van der Waals surface area (Å²) < 4.78 is 6.23. The molecule has 4 aromatic rings. The van der Waals surface area contributed by atoms with Crippen LogP contribution in [0, 0.1) is 0 Å². The number of rotatable bonds is 4. The lowest BCUT2D eigenvalue weighted by molar-refractivity contribution is 0.485. The summed E-state index contributed by atoms with van der Waals surface area (Å²) in [5, 5.41) is 0. The fraction of sp³-hybridized carbons (Fsp3) is 0. The summed E-state index contributed by atoms with van der Waals surface area (Å²) in [4.78, 5) is 0. The highest BCUT2D eigenvalue weighted by molar-refractivity contribution is 5.71. The van der Waals surface area contributed by atoms with E-state index in [9.17, 15) is 0 Å². The SMILES string of the molecule is c1ccc(-c2cccc(Oc3ccccc3-c3ccccc3)c2)cc1. The van der Waals surface area contributed by atoms with Gasteiger partial charge in [0.25, 0.3) is 0 Å². The second kappa shape index (κ2) is 7.06. The molecule has 0 saturated heterocycles. The molecule has 0 N–H and O–H groups in total. The Balaban J connectivity index is 1.68. The summed E-state index contributed by atoms with van der Waals surface area (Å²) in [6.07, 6.45) is 0. The first-order valence-electron chi connectivity index (χ1n) is 8.38. The molecule has 0 heterocycles. The molecule has 1 heteroatoms. The number of ether oxygens (including phenoxy) is 1. The number of para-hydroxylation sites is 1. The van der Waals surface area contributed by atoms with E-state index in [0.717, 1.165) is 28.2 Å². The lowest BCUT2D eigenvalue weighted by Gasteiger charge is -2.12. The molecular formula is C24H18O. The molecule has 0 fully saturated rings. The van der Waals surface area contributed by atoms with Crippen molar-refractivity contribution in [3.8, 4) is 33.8 Å². The van der Waals surface area contributed by atoms with Gasteiger partial charge < -0.3 is 4.74 Å². The van der Waals surface area contributed by atoms with Crippen LogP contribution in [-0.4, -0.2) is 0 Å². The average Bonchev–Trinajstić information content (AvgIpc) is 2.70. The Morgan fingerprint density at radius 1 is 0.440 bits per heavy atom. The molecule has 0 saturated carbocycles. The van der Waals surface area contributed by atoms with Crippen LogP contribution in [0.2, 0.25) is 0 Å². The molecule has 0 amide bonds. The zero-order valence-electron chi connectivity index (χ0n) is 13.8. The van der Waals surface area contributed by atoms with E-state index in [2.05, 4.69) is 42.5 Å². The Bertz CT molecular complexity index is 959. The smallest absolute Gasteiger partial charge is 0.135 e. The molecule has 25 heavy (non-hydrogen) atoms. The van der Waals surface area contributed by atoms with Crippen LogP contribution in [0.3, 0.4) is 0 Å². The van der Waals surface area contributed by atoms with Crippen LogP contribution >= 0.6 is 0 Å². The summed E-state index contributed by atoms with van der Waals surface area (Å²) in [6, 6.07) is 37.0. The number of hydrogen-bond acceptors (Lipinski definition) is 1. The fourth-order valence-corrected chi connectivity index (χ4v) is 2.91. The zero-order chi connectivity index (χ0) is 16.9. The normalized spacial score (nSPS) is 10.4. The van der Waals surface area contributed by atoms with Crippen molar-refractivity contribution in [2.24, 2.45) is 0 Å². The van der Waals surface area contributed by atoms with Gasteiger partial charge in [0.05, 0.1) is 0 Å². The lowest BCUT2D eigenvalue weighted by Crippen LogP contribution is -1.88. The van der Waals surface area contributed by atoms with E-state index < -0.39 is 0 Å². The minimum absolute atomic E-state index is 0.838. The van der Waals surface area contributed by atoms with E-state index in [1.165, 1.54) is 5.56 Å². The number of benzene rings is 4. The maximum Gasteiger partial charge on any atom is 0.135 e. The third-order valence-electron chi connectivity index (χ3n) is 4.14. The molecule has 0 aliphatic rings. The van der Waals surface area contributed by atoms with Crippen LogP contribution < -0.4 is 4.74 Å². The average molecular weight is 322 g/mol. The minimum Gasteiger partial charge on any atom is -0.457 e. The number of hydrogen-bond donors (Lipinski definition) is 0. The topological polar surface area (TPSA) is 9.23 Å². The zero-order valence-corrected chi connectivity index (χ0v) is 13.8. The summed E-state index contributed by atoms with van der Waals surface area (Å²) in [6.45, 7) is 0. The van der Waals surface area contributed by atoms with Gasteiger partial charge in [0.2, 0.25) is 0 Å². The predicted octanol–water partition coefficient (Wildman–Crippen LogP) is 6.81. The van der Waals surface area contributed by atoms with Crippen molar-refractivity contribution in [2.45, 2.75) is 0 Å². The second-order valence-electron chi connectivity index (χ2n) is 5.86. The van der Waals surface area contributed by atoms with Gasteiger partial charge >= 0.3 is 0 Å². The highest BCUT2D eigenvalue weighted by Gasteiger charge is 2.07. The summed E-state index contributed by atoms with van der Waals surface area (Å²) in [5.41, 5.74) is 4.57. The Morgan fingerprint density at radius 2 is 1.04 bits per heavy atom. The molecule has 0 unspecified atom stereocenters. The van der Waals surface area contributed by atoms with E-state index in [0.29, 0.717) is 0 Å². The van der Waals surface area contributed by atoms with Gasteiger partial charge in [-0.1, -0.05) is 91.0 Å². The Morgan fingerprint density at radius 3 is 1.80 bits per heavy atom. The van der Waals surface area contributed by atoms with E-state index in [4.69, 9.17) is 4.74 Å². The standard InChI is InChI=1S/C24H18O/c1-3-10-19(11-4-1)21-14-9-15-22(18-21)25-24-17-8-7-16-23(24)20-12-5-2-6-13-20/h1-18H. The molecule has 0 bridgehead atoms. The van der Waals surface area contributed by atoms with E-state index >= 15 is 0 Å². The van der Waals surface area contributed by atoms with Crippen LogP contribution in [-0.2, 0) is 0 Å². The maximum absolute atomic E-state index is 6.23. The quantitative estimate of drug-likeness (QED) is 0.401.